The fourth-order valence-electron chi connectivity index (χ4n) is 7.23. The van der Waals surface area contributed by atoms with Gasteiger partial charge in [-0.1, -0.05) is 37.3 Å². The van der Waals surface area contributed by atoms with Crippen molar-refractivity contribution in [1.29, 1.82) is 0 Å². The largest absolute Gasteiger partial charge is 0.484 e. The van der Waals surface area contributed by atoms with Crippen LogP contribution in [0.2, 0.25) is 5.02 Å². The van der Waals surface area contributed by atoms with Crippen LogP contribution in [0.25, 0.3) is 0 Å². The maximum absolute atomic E-state index is 13.6. The van der Waals surface area contributed by atoms with Crippen molar-refractivity contribution in [3.05, 3.63) is 29.0 Å². The van der Waals surface area contributed by atoms with Crippen molar-refractivity contribution in [1.82, 2.24) is 21.1 Å². The molecule has 1 aromatic carbocycles. The van der Waals surface area contributed by atoms with Gasteiger partial charge in [-0.25, -0.2) is 14.8 Å². The van der Waals surface area contributed by atoms with Gasteiger partial charge in [-0.15, -0.1) is 11.6 Å². The SMILES string of the molecule is CN1NC(C(=O)NC2C[C@H](NC(=O)COc3ccc(Cl)c(F)c3)C3CCC23)C(Cl)C1(C)C1CCCCCC1. The molecule has 2 amide bonds. The van der Waals surface area contributed by atoms with Crippen molar-refractivity contribution in [3.8, 4) is 5.75 Å². The van der Waals surface area contributed by atoms with Crippen LogP contribution in [-0.4, -0.2) is 59.5 Å². The van der Waals surface area contributed by atoms with E-state index in [-0.39, 0.29) is 52.2 Å². The standard InChI is InChI=1S/C28H39Cl2FN4O3/c1-28(16-7-5-3-4-6-8-16)26(30)25(34-35(28)2)27(37)33-23-14-22(18-10-11-19(18)23)32-24(36)15-38-17-9-12-20(29)21(31)13-17/h9,12-13,16,18-19,22-23,25-26,34H,3-8,10-11,14-15H2,1-2H3,(H,32,36)(H,33,37)/t18?,19?,22-,23?,25?,26?,28?/m0/s1. The normalized spacial score (nSPS) is 35.7. The van der Waals surface area contributed by atoms with E-state index in [2.05, 4.69) is 28.0 Å². The lowest BCUT2D eigenvalue weighted by Gasteiger charge is -2.41. The first-order chi connectivity index (χ1) is 18.2. The Morgan fingerprint density at radius 1 is 1.11 bits per heavy atom. The summed E-state index contributed by atoms with van der Waals surface area (Å²) >= 11 is 12.8. The van der Waals surface area contributed by atoms with Gasteiger partial charge in [0.25, 0.3) is 5.91 Å². The zero-order valence-electron chi connectivity index (χ0n) is 22.2. The molecule has 210 valence electrons. The average Bonchev–Trinajstić information content (AvgIpc) is 3.09. The molecule has 3 N–H and O–H groups in total. The molecule has 1 aliphatic heterocycles. The van der Waals surface area contributed by atoms with Gasteiger partial charge in [0, 0.05) is 25.2 Å². The summed E-state index contributed by atoms with van der Waals surface area (Å²) in [5, 5.41) is 8.11. The summed E-state index contributed by atoms with van der Waals surface area (Å²) in [6.45, 7) is 1.99. The van der Waals surface area contributed by atoms with Gasteiger partial charge in [0.05, 0.1) is 15.9 Å². The second-order valence-corrected chi connectivity index (χ2v) is 12.7. The molecular weight excluding hydrogens is 530 g/mol. The summed E-state index contributed by atoms with van der Waals surface area (Å²) in [6, 6.07) is 3.57. The van der Waals surface area contributed by atoms with E-state index in [0.29, 0.717) is 24.2 Å². The Bertz CT molecular complexity index is 1040. The first kappa shape index (κ1) is 27.9. The number of carbonyl (C=O) groups is 2. The topological polar surface area (TPSA) is 82.7 Å². The number of nitrogens with zero attached hydrogens (tertiary/aromatic N) is 1. The number of carbonyl (C=O) groups excluding carboxylic acids is 2. The first-order valence-electron chi connectivity index (χ1n) is 14.0. The van der Waals surface area contributed by atoms with E-state index in [4.69, 9.17) is 27.9 Å². The molecule has 1 saturated heterocycles. The van der Waals surface area contributed by atoms with Crippen molar-refractivity contribution >= 4 is 35.0 Å². The average molecular weight is 570 g/mol. The third-order valence-electron chi connectivity index (χ3n) is 9.73. The van der Waals surface area contributed by atoms with Crippen LogP contribution in [0, 0.1) is 23.6 Å². The summed E-state index contributed by atoms with van der Waals surface area (Å²) in [6.07, 6.45) is 10.00. The van der Waals surface area contributed by atoms with Gasteiger partial charge >= 0.3 is 0 Å². The second kappa shape index (κ2) is 11.5. The molecule has 1 aromatic rings. The number of alkyl halides is 1. The van der Waals surface area contributed by atoms with Gasteiger partial charge in [0.15, 0.2) is 6.61 Å². The number of halogens is 3. The molecule has 4 aliphatic rings. The minimum Gasteiger partial charge on any atom is -0.484 e. The van der Waals surface area contributed by atoms with Crippen molar-refractivity contribution in [2.75, 3.05) is 13.7 Å². The highest BCUT2D eigenvalue weighted by molar-refractivity contribution is 6.30. The number of hydrogen-bond donors (Lipinski definition) is 3. The Labute approximate surface area is 234 Å². The number of hydrazine groups is 1. The molecule has 0 aromatic heterocycles. The molecule has 1 heterocycles. The number of rotatable bonds is 7. The highest BCUT2D eigenvalue weighted by atomic mass is 35.5. The van der Waals surface area contributed by atoms with E-state index >= 15 is 0 Å². The molecule has 0 radical (unpaired) electrons. The molecule has 7 nitrogen and oxygen atoms in total. The predicted octanol–water partition coefficient (Wildman–Crippen LogP) is 4.41. The molecule has 0 bridgehead atoms. The fourth-order valence-corrected chi connectivity index (χ4v) is 7.85. The molecule has 5 rings (SSSR count). The number of nitrogens with one attached hydrogen (secondary N) is 3. The minimum absolute atomic E-state index is 0.00135. The number of benzene rings is 1. The van der Waals surface area contributed by atoms with Crippen LogP contribution >= 0.6 is 23.2 Å². The van der Waals surface area contributed by atoms with Crippen molar-refractivity contribution in [2.45, 2.75) is 93.8 Å². The Morgan fingerprint density at radius 2 is 1.76 bits per heavy atom. The van der Waals surface area contributed by atoms with Crippen LogP contribution in [0.3, 0.4) is 0 Å². The molecule has 10 heteroatoms. The number of ether oxygens (including phenoxy) is 1. The zero-order valence-corrected chi connectivity index (χ0v) is 23.7. The van der Waals surface area contributed by atoms with Crippen molar-refractivity contribution in [2.24, 2.45) is 17.8 Å². The monoisotopic (exact) mass is 568 g/mol. The second-order valence-electron chi connectivity index (χ2n) is 11.8. The van der Waals surface area contributed by atoms with Crippen LogP contribution in [0.15, 0.2) is 18.2 Å². The summed E-state index contributed by atoms with van der Waals surface area (Å²) in [7, 11) is 2.01. The van der Waals surface area contributed by atoms with Gasteiger partial charge in [0.1, 0.15) is 17.6 Å². The molecule has 7 atom stereocenters. The van der Waals surface area contributed by atoms with E-state index in [1.54, 1.807) is 0 Å². The van der Waals surface area contributed by atoms with E-state index in [1.807, 2.05) is 7.05 Å². The van der Waals surface area contributed by atoms with Crippen LogP contribution in [0.5, 0.6) is 5.75 Å². The lowest BCUT2D eigenvalue weighted by Crippen LogP contribution is -2.53. The van der Waals surface area contributed by atoms with Crippen LogP contribution in [-0.2, 0) is 9.59 Å². The van der Waals surface area contributed by atoms with E-state index in [1.165, 1.54) is 37.8 Å². The number of fused-ring (bicyclic) bond motifs is 1. The molecule has 0 spiro atoms. The van der Waals surface area contributed by atoms with E-state index in [0.717, 1.165) is 31.7 Å². The smallest absolute Gasteiger partial charge is 0.258 e. The lowest BCUT2D eigenvalue weighted by molar-refractivity contribution is -0.125. The van der Waals surface area contributed by atoms with Crippen molar-refractivity contribution < 1.29 is 18.7 Å². The Kier molecular flexibility index (Phi) is 8.44. The molecule has 4 fully saturated rings. The molecule has 38 heavy (non-hydrogen) atoms. The Hall–Kier alpha value is -1.61. The van der Waals surface area contributed by atoms with Gasteiger partial charge in [-0.2, -0.15) is 0 Å². The van der Waals surface area contributed by atoms with Gasteiger partial charge < -0.3 is 15.4 Å². The third kappa shape index (κ3) is 5.38. The Balaban J connectivity index is 1.15. The fraction of sp³-hybridized carbons (Fsp3) is 0.714. The first-order valence-corrected chi connectivity index (χ1v) is 14.8. The van der Waals surface area contributed by atoms with Crippen LogP contribution < -0.4 is 20.8 Å². The molecule has 6 unspecified atom stereocenters. The van der Waals surface area contributed by atoms with E-state index < -0.39 is 11.9 Å². The predicted molar refractivity (Wildman–Crippen MR) is 146 cm³/mol. The summed E-state index contributed by atoms with van der Waals surface area (Å²) in [5.41, 5.74) is 3.10. The quantitative estimate of drug-likeness (QED) is 0.335. The molecule has 3 saturated carbocycles. The maximum atomic E-state index is 13.6. The highest BCUT2D eigenvalue weighted by Crippen LogP contribution is 2.48. The summed E-state index contributed by atoms with van der Waals surface area (Å²) in [5.74, 6) is 0.466. The van der Waals surface area contributed by atoms with Crippen LogP contribution in [0.4, 0.5) is 4.39 Å². The third-order valence-corrected chi connectivity index (χ3v) is 10.7. The zero-order chi connectivity index (χ0) is 27.0. The number of amides is 2. The Morgan fingerprint density at radius 3 is 2.39 bits per heavy atom. The molecule has 3 aliphatic carbocycles. The van der Waals surface area contributed by atoms with Crippen LogP contribution in [0.1, 0.15) is 64.7 Å². The van der Waals surface area contributed by atoms with Gasteiger partial charge in [-0.05, 0) is 68.9 Å². The summed E-state index contributed by atoms with van der Waals surface area (Å²) in [4.78, 5) is 26.1. The minimum atomic E-state index is -0.590. The maximum Gasteiger partial charge on any atom is 0.258 e. The lowest BCUT2D eigenvalue weighted by atomic mass is 9.73. The van der Waals surface area contributed by atoms with Crippen molar-refractivity contribution in [3.63, 3.8) is 0 Å². The van der Waals surface area contributed by atoms with Gasteiger partial charge in [0.2, 0.25) is 5.91 Å². The van der Waals surface area contributed by atoms with E-state index in [9.17, 15) is 14.0 Å². The molecular formula is C28H39Cl2FN4O3. The van der Waals surface area contributed by atoms with Gasteiger partial charge in [-0.3, -0.25) is 9.59 Å². The highest BCUT2D eigenvalue weighted by Gasteiger charge is 2.56. The summed E-state index contributed by atoms with van der Waals surface area (Å²) < 4.78 is 19.1. The number of hydrogen-bond acceptors (Lipinski definition) is 5.